The number of carboxylic acid groups (broad SMARTS) is 1. The summed E-state index contributed by atoms with van der Waals surface area (Å²) >= 11 is 0. The van der Waals surface area contributed by atoms with Crippen molar-refractivity contribution in [3.8, 4) is 0 Å². The fourth-order valence-corrected chi connectivity index (χ4v) is 0.966. The summed E-state index contributed by atoms with van der Waals surface area (Å²) in [7, 11) is 0. The lowest BCUT2D eigenvalue weighted by Gasteiger charge is -2.00. The van der Waals surface area contributed by atoms with Crippen LogP contribution in [0.4, 0.5) is 18.9 Å². The van der Waals surface area contributed by atoms with Crippen LogP contribution in [-0.4, -0.2) is 25.8 Å². The third-order valence-corrected chi connectivity index (χ3v) is 1.50. The van der Waals surface area contributed by atoms with Crippen molar-refractivity contribution >= 4 is 11.7 Å². The fourth-order valence-electron chi connectivity index (χ4n) is 0.966. The van der Waals surface area contributed by atoms with Crippen LogP contribution in [0.25, 0.3) is 0 Å². The summed E-state index contributed by atoms with van der Waals surface area (Å²) in [5, 5.41) is 21.4. The van der Waals surface area contributed by atoms with Crippen LogP contribution >= 0.6 is 0 Å². The highest BCUT2D eigenvalue weighted by atomic mass is 19.4. The first kappa shape index (κ1) is 11.9. The maximum Gasteiger partial charge on any atom is 0.442 e. The lowest BCUT2D eigenvalue weighted by molar-refractivity contribution is -0.388. The lowest BCUT2D eigenvalue weighted by Crippen LogP contribution is -2.12. The minimum Gasteiger partial charge on any atom is -0.480 e. The minimum atomic E-state index is -4.99. The molecule has 0 spiro atoms. The van der Waals surface area contributed by atoms with Gasteiger partial charge in [0.2, 0.25) is 5.69 Å². The number of nitrogens with zero attached hydrogens (tertiary/aromatic N) is 3. The second-order valence-corrected chi connectivity index (χ2v) is 2.71. The molecule has 0 fully saturated rings. The van der Waals surface area contributed by atoms with Crippen LogP contribution in [0.3, 0.4) is 0 Å². The molecule has 0 saturated carbocycles. The summed E-state index contributed by atoms with van der Waals surface area (Å²) in [5.74, 6) is -1.45. The fraction of sp³-hybridized carbons (Fsp3) is 0.333. The van der Waals surface area contributed by atoms with Gasteiger partial charge in [-0.3, -0.25) is 19.6 Å². The van der Waals surface area contributed by atoms with E-state index in [1.165, 1.54) is 0 Å². The van der Waals surface area contributed by atoms with Crippen molar-refractivity contribution in [1.29, 1.82) is 0 Å². The number of rotatable bonds is 3. The molecular formula is C6H4F3N3O4. The third-order valence-electron chi connectivity index (χ3n) is 1.50. The second kappa shape index (κ2) is 3.79. The molecule has 0 aliphatic carbocycles. The van der Waals surface area contributed by atoms with Crippen LogP contribution in [-0.2, 0) is 17.5 Å². The Balaban J connectivity index is 3.21. The van der Waals surface area contributed by atoms with Gasteiger partial charge in [-0.05, 0) is 0 Å². The van der Waals surface area contributed by atoms with E-state index in [4.69, 9.17) is 5.11 Å². The summed E-state index contributed by atoms with van der Waals surface area (Å²) < 4.78 is 37.0. The van der Waals surface area contributed by atoms with E-state index >= 15 is 0 Å². The third kappa shape index (κ3) is 2.46. The van der Waals surface area contributed by atoms with Crippen LogP contribution in [0.2, 0.25) is 0 Å². The highest BCUT2D eigenvalue weighted by molar-refractivity contribution is 5.66. The van der Waals surface area contributed by atoms with Crippen molar-refractivity contribution in [3.05, 3.63) is 22.0 Å². The minimum absolute atomic E-state index is 0.350. The maximum absolute atomic E-state index is 12.2. The molecule has 1 aromatic rings. The number of hydrogen-bond donors (Lipinski definition) is 1. The van der Waals surface area contributed by atoms with Crippen molar-refractivity contribution in [1.82, 2.24) is 9.78 Å². The number of halogens is 3. The van der Waals surface area contributed by atoms with E-state index in [-0.39, 0.29) is 0 Å². The highest BCUT2D eigenvalue weighted by Gasteiger charge is 2.42. The predicted octanol–water partition coefficient (Wildman–Crippen LogP) is 0.895. The van der Waals surface area contributed by atoms with Gasteiger partial charge in [-0.15, -0.1) is 0 Å². The quantitative estimate of drug-likeness (QED) is 0.623. The van der Waals surface area contributed by atoms with Gasteiger partial charge in [0.05, 0.1) is 4.92 Å². The Labute approximate surface area is 85.2 Å². The zero-order valence-electron chi connectivity index (χ0n) is 7.43. The van der Waals surface area contributed by atoms with Gasteiger partial charge in [-0.25, -0.2) is 0 Å². The van der Waals surface area contributed by atoms with E-state index in [0.717, 1.165) is 0 Å². The molecule has 0 aliphatic heterocycles. The topological polar surface area (TPSA) is 98.3 Å². The van der Waals surface area contributed by atoms with Crippen molar-refractivity contribution in [2.45, 2.75) is 12.7 Å². The monoisotopic (exact) mass is 239 g/mol. The Bertz CT molecular complexity index is 439. The van der Waals surface area contributed by atoms with E-state index < -0.39 is 35.0 Å². The molecule has 0 unspecified atom stereocenters. The van der Waals surface area contributed by atoms with Gasteiger partial charge in [0.25, 0.3) is 0 Å². The van der Waals surface area contributed by atoms with Gasteiger partial charge in [0, 0.05) is 0 Å². The van der Waals surface area contributed by atoms with E-state index in [2.05, 4.69) is 5.10 Å². The standard InChI is InChI=1S/C6H4F3N3O4/c7-6(8,9)5-3(12(15)16)1-11(10-5)2-4(13)14/h1H,2H2,(H,13,14). The van der Waals surface area contributed by atoms with Crippen molar-refractivity contribution in [2.75, 3.05) is 0 Å². The largest absolute Gasteiger partial charge is 0.480 e. The van der Waals surface area contributed by atoms with Crippen LogP contribution in [0.15, 0.2) is 6.20 Å². The normalized spacial score (nSPS) is 11.4. The van der Waals surface area contributed by atoms with Gasteiger partial charge in [-0.2, -0.15) is 18.3 Å². The van der Waals surface area contributed by atoms with Gasteiger partial charge in [0.15, 0.2) is 0 Å². The number of alkyl halides is 3. The molecule has 88 valence electrons. The number of nitro groups is 1. The average molecular weight is 239 g/mol. The smallest absolute Gasteiger partial charge is 0.442 e. The van der Waals surface area contributed by atoms with E-state index in [1.807, 2.05) is 0 Å². The number of hydrogen-bond acceptors (Lipinski definition) is 4. The zero-order valence-corrected chi connectivity index (χ0v) is 7.43. The molecule has 1 rings (SSSR count). The Morgan fingerprint density at radius 2 is 2.19 bits per heavy atom. The van der Waals surface area contributed by atoms with E-state index in [9.17, 15) is 28.1 Å². The van der Waals surface area contributed by atoms with Crippen LogP contribution in [0.5, 0.6) is 0 Å². The first-order valence-corrected chi connectivity index (χ1v) is 3.72. The molecule has 0 atom stereocenters. The van der Waals surface area contributed by atoms with Crippen LogP contribution in [0, 0.1) is 10.1 Å². The van der Waals surface area contributed by atoms with Crippen molar-refractivity contribution in [2.24, 2.45) is 0 Å². The van der Waals surface area contributed by atoms with Gasteiger partial charge in [-0.1, -0.05) is 0 Å². The summed E-state index contributed by atoms with van der Waals surface area (Å²) in [6, 6.07) is 0. The number of aromatic nitrogens is 2. The van der Waals surface area contributed by atoms with E-state index in [0.29, 0.717) is 10.9 Å². The Kier molecular flexibility index (Phi) is 2.83. The molecular weight excluding hydrogens is 235 g/mol. The van der Waals surface area contributed by atoms with Gasteiger partial charge in [0.1, 0.15) is 12.7 Å². The summed E-state index contributed by atoms with van der Waals surface area (Å²) in [6.07, 6.45) is -4.57. The molecule has 0 aromatic carbocycles. The van der Waals surface area contributed by atoms with E-state index in [1.54, 1.807) is 0 Å². The molecule has 0 saturated heterocycles. The Morgan fingerprint density at radius 1 is 1.62 bits per heavy atom. The van der Waals surface area contributed by atoms with Crippen LogP contribution < -0.4 is 0 Å². The Morgan fingerprint density at radius 3 is 2.50 bits per heavy atom. The number of carboxylic acids is 1. The molecule has 1 aromatic heterocycles. The molecule has 7 nitrogen and oxygen atoms in total. The molecule has 16 heavy (non-hydrogen) atoms. The highest BCUT2D eigenvalue weighted by Crippen LogP contribution is 2.34. The van der Waals surface area contributed by atoms with Crippen molar-refractivity contribution < 1.29 is 28.0 Å². The summed E-state index contributed by atoms with van der Waals surface area (Å²) in [5.41, 5.74) is -2.98. The van der Waals surface area contributed by atoms with Crippen LogP contribution in [0.1, 0.15) is 5.69 Å². The maximum atomic E-state index is 12.2. The van der Waals surface area contributed by atoms with Gasteiger partial charge < -0.3 is 5.11 Å². The SMILES string of the molecule is O=C(O)Cn1cc([N+](=O)[O-])c(C(F)(F)F)n1. The van der Waals surface area contributed by atoms with Crippen molar-refractivity contribution in [3.63, 3.8) is 0 Å². The molecule has 0 amide bonds. The Hall–Kier alpha value is -2.13. The average Bonchev–Trinajstić information content (AvgIpc) is 2.45. The zero-order chi connectivity index (χ0) is 12.5. The number of carbonyl (C=O) groups is 1. The first-order valence-electron chi connectivity index (χ1n) is 3.72. The number of aliphatic carboxylic acids is 1. The molecule has 0 radical (unpaired) electrons. The summed E-state index contributed by atoms with van der Waals surface area (Å²) in [4.78, 5) is 19.2. The lowest BCUT2D eigenvalue weighted by atomic mass is 10.4. The second-order valence-electron chi connectivity index (χ2n) is 2.71. The molecule has 0 bridgehead atoms. The molecule has 1 N–H and O–H groups in total. The first-order chi connectivity index (χ1) is 7.21. The molecule has 0 aliphatic rings. The molecule has 1 heterocycles. The predicted molar refractivity (Wildman–Crippen MR) is 41.5 cm³/mol. The van der Waals surface area contributed by atoms with Gasteiger partial charge >= 0.3 is 17.8 Å². The summed E-state index contributed by atoms with van der Waals surface area (Å²) in [6.45, 7) is -0.878. The molecule has 10 heteroatoms.